The monoisotopic (exact) mass is 689 g/mol. The van der Waals surface area contributed by atoms with E-state index in [1.165, 1.54) is 4.90 Å². The first-order chi connectivity index (χ1) is 21.0. The van der Waals surface area contributed by atoms with Crippen LogP contribution in [0.2, 0.25) is 0 Å². The Kier molecular flexibility index (Phi) is 8.24. The number of pyridine rings is 1. The largest absolute Gasteiger partial charge is 0.496 e. The van der Waals surface area contributed by atoms with E-state index in [1.54, 1.807) is 31.3 Å². The summed E-state index contributed by atoms with van der Waals surface area (Å²) in [5, 5.41) is 3.87. The molecule has 12 nitrogen and oxygen atoms in total. The molecule has 1 aromatic heterocycles. The maximum Gasteiger partial charge on any atom is 0.320 e. The maximum absolute atomic E-state index is 13.9. The van der Waals surface area contributed by atoms with E-state index < -0.39 is 44.8 Å². The Hall–Kier alpha value is -3.39. The number of carbonyl (C=O) groups is 3. The first kappa shape index (κ1) is 30.6. The van der Waals surface area contributed by atoms with Crippen molar-refractivity contribution in [2.75, 3.05) is 27.2 Å². The summed E-state index contributed by atoms with van der Waals surface area (Å²) in [5.41, 5.74) is -1.40. The SMILES string of the molecule is COc1ccc2c(O[C@@H]3C[C@H]4C(=O)N[C@]5(C(=O)NS(=O)(=O)C6CC6)C[C@H]5/C=C\CCCCN(C)C(=O)N4C3)nccc2c1Br. The molecule has 4 aliphatic rings. The molecule has 1 aromatic carbocycles. The highest BCUT2D eigenvalue weighted by molar-refractivity contribution is 9.10. The third-order valence-corrected chi connectivity index (χ3v) is 11.5. The van der Waals surface area contributed by atoms with Gasteiger partial charge in [0.1, 0.15) is 23.4 Å². The number of benzene rings is 1. The summed E-state index contributed by atoms with van der Waals surface area (Å²) in [6, 6.07) is 4.24. The maximum atomic E-state index is 13.9. The van der Waals surface area contributed by atoms with Gasteiger partial charge in [-0.15, -0.1) is 0 Å². The van der Waals surface area contributed by atoms with Gasteiger partial charge in [0.15, 0.2) is 0 Å². The van der Waals surface area contributed by atoms with Gasteiger partial charge >= 0.3 is 6.03 Å². The fourth-order valence-electron chi connectivity index (χ4n) is 6.08. The predicted molar refractivity (Wildman–Crippen MR) is 166 cm³/mol. The number of amides is 4. The molecule has 14 heteroatoms. The van der Waals surface area contributed by atoms with Crippen molar-refractivity contribution in [1.82, 2.24) is 24.8 Å². The summed E-state index contributed by atoms with van der Waals surface area (Å²) < 4.78 is 40.0. The molecule has 3 fully saturated rings. The van der Waals surface area contributed by atoms with Crippen LogP contribution in [0, 0.1) is 5.92 Å². The van der Waals surface area contributed by atoms with Crippen LogP contribution in [-0.4, -0.2) is 91.2 Å². The summed E-state index contributed by atoms with van der Waals surface area (Å²) in [4.78, 5) is 48.5. The Morgan fingerprint density at radius 1 is 1.18 bits per heavy atom. The normalized spacial score (nSPS) is 28.4. The van der Waals surface area contributed by atoms with Crippen LogP contribution in [0.5, 0.6) is 11.6 Å². The highest BCUT2D eigenvalue weighted by atomic mass is 79.9. The van der Waals surface area contributed by atoms with Crippen molar-refractivity contribution < 1.29 is 32.3 Å². The molecule has 0 bridgehead atoms. The molecule has 0 spiro atoms. The molecule has 2 N–H and O–H groups in total. The summed E-state index contributed by atoms with van der Waals surface area (Å²) in [6.45, 7) is 0.661. The molecule has 2 saturated carbocycles. The second-order valence-corrected chi connectivity index (χ2v) is 14.8. The quantitative estimate of drug-likeness (QED) is 0.440. The van der Waals surface area contributed by atoms with E-state index in [2.05, 4.69) is 31.0 Å². The molecule has 1 saturated heterocycles. The van der Waals surface area contributed by atoms with Crippen LogP contribution >= 0.6 is 15.9 Å². The summed E-state index contributed by atoms with van der Waals surface area (Å²) >= 11 is 3.58. The Morgan fingerprint density at radius 3 is 2.73 bits per heavy atom. The number of urea groups is 1. The number of allylic oxidation sites excluding steroid dienone is 1. The molecule has 6 rings (SSSR count). The number of hydrogen-bond donors (Lipinski definition) is 2. The number of sulfonamides is 1. The number of aromatic nitrogens is 1. The lowest BCUT2D eigenvalue weighted by molar-refractivity contribution is -0.131. The molecule has 236 valence electrons. The lowest BCUT2D eigenvalue weighted by atomic mass is 10.1. The minimum absolute atomic E-state index is 0.134. The van der Waals surface area contributed by atoms with Gasteiger partial charge < -0.3 is 24.6 Å². The fourth-order valence-corrected chi connectivity index (χ4v) is 8.08. The number of halogens is 1. The molecule has 0 radical (unpaired) electrons. The highest BCUT2D eigenvalue weighted by Crippen LogP contribution is 2.46. The molecular weight excluding hydrogens is 654 g/mol. The number of nitrogens with zero attached hydrogens (tertiary/aromatic N) is 3. The van der Waals surface area contributed by atoms with E-state index in [-0.39, 0.29) is 31.3 Å². The Balaban J connectivity index is 1.27. The summed E-state index contributed by atoms with van der Waals surface area (Å²) in [7, 11) is -0.521. The van der Waals surface area contributed by atoms with E-state index in [9.17, 15) is 22.8 Å². The first-order valence-electron chi connectivity index (χ1n) is 14.9. The van der Waals surface area contributed by atoms with Crippen molar-refractivity contribution in [1.29, 1.82) is 0 Å². The Morgan fingerprint density at radius 2 is 1.98 bits per heavy atom. The van der Waals surface area contributed by atoms with Crippen LogP contribution in [-0.2, 0) is 19.6 Å². The van der Waals surface area contributed by atoms with E-state index >= 15 is 0 Å². The number of ether oxygens (including phenoxy) is 2. The van der Waals surface area contributed by atoms with Crippen molar-refractivity contribution in [3.05, 3.63) is 41.0 Å². The lowest BCUT2D eigenvalue weighted by Crippen LogP contribution is -2.57. The molecule has 2 aromatic rings. The van der Waals surface area contributed by atoms with Crippen molar-refractivity contribution in [2.24, 2.45) is 5.92 Å². The fraction of sp³-hybridized carbons (Fsp3) is 0.533. The van der Waals surface area contributed by atoms with Gasteiger partial charge in [0.2, 0.25) is 21.8 Å². The second-order valence-electron chi connectivity index (χ2n) is 12.0. The molecule has 2 aliphatic heterocycles. The average molecular weight is 691 g/mol. The lowest BCUT2D eigenvalue weighted by Gasteiger charge is -2.30. The molecule has 4 atom stereocenters. The van der Waals surface area contributed by atoms with E-state index in [1.807, 2.05) is 24.3 Å². The smallest absolute Gasteiger partial charge is 0.320 e. The minimum atomic E-state index is -3.81. The van der Waals surface area contributed by atoms with Gasteiger partial charge in [0, 0.05) is 42.9 Å². The second kappa shape index (κ2) is 11.8. The molecular formula is C30H36BrN5O7S. The van der Waals surface area contributed by atoms with Crippen LogP contribution < -0.4 is 19.5 Å². The third-order valence-electron chi connectivity index (χ3n) is 8.89. The van der Waals surface area contributed by atoms with Gasteiger partial charge in [-0.1, -0.05) is 12.2 Å². The van der Waals surface area contributed by atoms with Crippen LogP contribution in [0.25, 0.3) is 10.8 Å². The van der Waals surface area contributed by atoms with E-state index in [4.69, 9.17) is 9.47 Å². The Labute approximate surface area is 264 Å². The van der Waals surface area contributed by atoms with Crippen LogP contribution in [0.4, 0.5) is 4.79 Å². The van der Waals surface area contributed by atoms with Crippen LogP contribution in [0.1, 0.15) is 44.9 Å². The van der Waals surface area contributed by atoms with Gasteiger partial charge in [-0.3, -0.25) is 14.3 Å². The highest BCUT2D eigenvalue weighted by Gasteiger charge is 2.62. The number of methoxy groups -OCH3 is 1. The van der Waals surface area contributed by atoms with Crippen molar-refractivity contribution in [3.8, 4) is 11.6 Å². The third kappa shape index (κ3) is 5.85. The zero-order chi connectivity index (χ0) is 31.2. The molecule has 44 heavy (non-hydrogen) atoms. The number of carbonyl (C=O) groups excluding carboxylic acids is 3. The van der Waals surface area contributed by atoms with Gasteiger partial charge in [-0.25, -0.2) is 18.2 Å². The van der Waals surface area contributed by atoms with Crippen LogP contribution in [0.3, 0.4) is 0 Å². The standard InChI is InChI=1S/C30H36BrN5O7S/c1-35-14-6-4-3-5-7-18-16-30(18,28(38)34-44(40,41)20-8-9-20)33-26(37)23-15-19(17-36(23)29(35)39)43-27-22-10-11-24(42-2)25(31)21(22)12-13-32-27/h5,7,10-13,18-20,23H,3-4,6,8-9,14-17H2,1-2H3,(H,33,37)(H,34,38)/b7-5-/t18-,19-,23+,30-/m1/s1. The predicted octanol–water partition coefficient (Wildman–Crippen LogP) is 3.10. The molecule has 2 aliphatic carbocycles. The van der Waals surface area contributed by atoms with E-state index in [0.717, 1.165) is 34.5 Å². The molecule has 4 amide bonds. The number of fused-ring (bicyclic) bond motifs is 3. The van der Waals surface area contributed by atoms with Gasteiger partial charge in [0.25, 0.3) is 5.91 Å². The number of hydrogen-bond acceptors (Lipinski definition) is 8. The Bertz CT molecular complexity index is 1630. The van der Waals surface area contributed by atoms with Gasteiger partial charge in [0.05, 0.1) is 23.4 Å². The minimum Gasteiger partial charge on any atom is -0.496 e. The zero-order valence-electron chi connectivity index (χ0n) is 24.6. The molecule has 3 heterocycles. The average Bonchev–Trinajstić information content (AvgIpc) is 3.92. The van der Waals surface area contributed by atoms with Gasteiger partial charge in [-0.2, -0.15) is 0 Å². The van der Waals surface area contributed by atoms with Gasteiger partial charge in [-0.05, 0) is 72.7 Å². The summed E-state index contributed by atoms with van der Waals surface area (Å²) in [6.07, 6.45) is 8.73. The first-order valence-corrected chi connectivity index (χ1v) is 17.2. The van der Waals surface area contributed by atoms with Crippen molar-refractivity contribution in [3.63, 3.8) is 0 Å². The number of nitrogens with one attached hydrogen (secondary N) is 2. The van der Waals surface area contributed by atoms with Crippen molar-refractivity contribution >= 4 is 54.6 Å². The van der Waals surface area contributed by atoms with E-state index in [0.29, 0.717) is 31.0 Å². The molecule has 0 unspecified atom stereocenters. The number of rotatable bonds is 6. The zero-order valence-corrected chi connectivity index (χ0v) is 27.0. The topological polar surface area (TPSA) is 147 Å². The van der Waals surface area contributed by atoms with Crippen molar-refractivity contribution in [2.45, 2.75) is 67.9 Å². The van der Waals surface area contributed by atoms with Crippen LogP contribution in [0.15, 0.2) is 41.0 Å². The summed E-state index contributed by atoms with van der Waals surface area (Å²) in [5.74, 6) is -0.590.